The topological polar surface area (TPSA) is 192 Å². The first kappa shape index (κ1) is 32.1. The molecule has 0 aromatic heterocycles. The second kappa shape index (κ2) is 13.7. The Morgan fingerprint density at radius 1 is 0.837 bits per heavy atom. The number of benzene rings is 3. The zero-order chi connectivity index (χ0) is 31.2. The highest BCUT2D eigenvalue weighted by Crippen LogP contribution is 2.24. The van der Waals surface area contributed by atoms with Gasteiger partial charge in [0, 0.05) is 43.1 Å². The van der Waals surface area contributed by atoms with E-state index in [-0.39, 0.29) is 16.2 Å². The molecule has 12 nitrogen and oxygen atoms in total. The summed E-state index contributed by atoms with van der Waals surface area (Å²) in [6, 6.07) is 16.4. The van der Waals surface area contributed by atoms with Gasteiger partial charge in [-0.3, -0.25) is 10.3 Å². The number of hydrogen-bond donors (Lipinski definition) is 5. The molecule has 4 rings (SSSR count). The van der Waals surface area contributed by atoms with Crippen molar-refractivity contribution in [3.05, 3.63) is 83.4 Å². The van der Waals surface area contributed by atoms with E-state index < -0.39 is 26.1 Å². The number of piperazine rings is 1. The van der Waals surface area contributed by atoms with Gasteiger partial charge in [-0.25, -0.2) is 31.9 Å². The lowest BCUT2D eigenvalue weighted by Gasteiger charge is -2.36. The van der Waals surface area contributed by atoms with E-state index in [0.29, 0.717) is 28.3 Å². The maximum absolute atomic E-state index is 12.9. The van der Waals surface area contributed by atoms with Gasteiger partial charge >= 0.3 is 6.03 Å². The van der Waals surface area contributed by atoms with Crippen LogP contribution in [0.25, 0.3) is 0 Å². The number of unbranched alkanes of at least 4 members (excludes halogenated alkanes) is 1. The van der Waals surface area contributed by atoms with Crippen LogP contribution in [0, 0.1) is 5.41 Å². The van der Waals surface area contributed by atoms with Gasteiger partial charge in [0.25, 0.3) is 0 Å². The number of sulfonamides is 2. The maximum atomic E-state index is 12.9. The Morgan fingerprint density at radius 3 is 2.02 bits per heavy atom. The number of nitrogens with zero attached hydrogens (tertiary/aromatic N) is 2. The largest absolute Gasteiger partial charge is 0.354 e. The molecular weight excluding hydrogens is 590 g/mol. The van der Waals surface area contributed by atoms with Crippen LogP contribution in [0.3, 0.4) is 0 Å². The summed E-state index contributed by atoms with van der Waals surface area (Å²) < 4.78 is 47.1. The summed E-state index contributed by atoms with van der Waals surface area (Å²) in [7, 11) is -7.88. The lowest BCUT2D eigenvalue weighted by atomic mass is 10.0. The molecule has 7 N–H and O–H groups in total. The monoisotopic (exact) mass is 627 g/mol. The van der Waals surface area contributed by atoms with Gasteiger partial charge < -0.3 is 15.5 Å². The number of nitrogens with one attached hydrogen (secondary N) is 3. The van der Waals surface area contributed by atoms with E-state index >= 15 is 0 Å². The molecule has 1 fully saturated rings. The predicted octanol–water partition coefficient (Wildman–Crippen LogP) is 2.96. The first-order valence-electron chi connectivity index (χ1n) is 13.9. The van der Waals surface area contributed by atoms with Crippen molar-refractivity contribution < 1.29 is 21.6 Å². The Balaban J connectivity index is 1.42. The normalized spacial score (nSPS) is 14.3. The van der Waals surface area contributed by atoms with E-state index in [1.165, 1.54) is 43.2 Å². The fourth-order valence-corrected chi connectivity index (χ4v) is 5.87. The molecule has 1 saturated heterocycles. The van der Waals surface area contributed by atoms with Crippen LogP contribution >= 0.6 is 0 Å². The summed E-state index contributed by atoms with van der Waals surface area (Å²) in [5.41, 5.74) is 2.71. The summed E-state index contributed by atoms with van der Waals surface area (Å²) in [4.78, 5) is 17.2. The molecule has 3 aromatic carbocycles. The molecule has 2 amide bonds. The molecule has 0 saturated carbocycles. The summed E-state index contributed by atoms with van der Waals surface area (Å²) in [6.45, 7) is 6.74. The number of carbonyl (C=O) groups excluding carboxylic acids is 1. The molecule has 1 heterocycles. The first-order valence-corrected chi connectivity index (χ1v) is 16.9. The minimum atomic E-state index is -4.01. The molecule has 0 radical (unpaired) electrons. The van der Waals surface area contributed by atoms with E-state index in [1.807, 2.05) is 0 Å². The van der Waals surface area contributed by atoms with Gasteiger partial charge in [0.2, 0.25) is 20.0 Å². The summed E-state index contributed by atoms with van der Waals surface area (Å²) in [5.74, 6) is 0.447. The van der Waals surface area contributed by atoms with Crippen LogP contribution in [0.4, 0.5) is 16.2 Å². The SMILES string of the molecule is CCCCN1CCN(C(=N)c2ccc(NC(=O)Nc3ccc(S(N)(=O)=O)cc3Cc3ccc(S(N)(=O)=O)cc3)cc2)CC1. The Kier molecular flexibility index (Phi) is 10.2. The predicted molar refractivity (Wildman–Crippen MR) is 167 cm³/mol. The summed E-state index contributed by atoms with van der Waals surface area (Å²) >= 11 is 0. The average Bonchev–Trinajstić information content (AvgIpc) is 2.96. The average molecular weight is 628 g/mol. The molecule has 0 aliphatic carbocycles. The molecule has 1 aliphatic rings. The van der Waals surface area contributed by atoms with Gasteiger partial charge in [-0.15, -0.1) is 0 Å². The lowest BCUT2D eigenvalue weighted by Crippen LogP contribution is -2.48. The maximum Gasteiger partial charge on any atom is 0.323 e. The Morgan fingerprint density at radius 2 is 1.44 bits per heavy atom. The Labute approximate surface area is 252 Å². The smallest absolute Gasteiger partial charge is 0.323 e. The third-order valence-electron chi connectivity index (χ3n) is 7.23. The van der Waals surface area contributed by atoms with Crippen molar-refractivity contribution in [3.8, 4) is 0 Å². The number of hydrogen-bond acceptors (Lipinski definition) is 7. The first-order chi connectivity index (χ1) is 20.3. The van der Waals surface area contributed by atoms with Crippen molar-refractivity contribution in [2.75, 3.05) is 43.4 Å². The third kappa shape index (κ3) is 8.84. The molecule has 230 valence electrons. The van der Waals surface area contributed by atoms with Crippen LogP contribution in [-0.4, -0.2) is 71.2 Å². The van der Waals surface area contributed by atoms with Crippen LogP contribution in [0.5, 0.6) is 0 Å². The Bertz CT molecular complexity index is 1670. The van der Waals surface area contributed by atoms with Crippen molar-refractivity contribution >= 4 is 43.3 Å². The summed E-state index contributed by atoms with van der Waals surface area (Å²) in [5, 5.41) is 24.6. The Hall–Kier alpha value is -3.82. The summed E-state index contributed by atoms with van der Waals surface area (Å²) in [6.07, 6.45) is 2.52. The van der Waals surface area contributed by atoms with Crippen LogP contribution in [0.15, 0.2) is 76.5 Å². The van der Waals surface area contributed by atoms with Gasteiger partial charge in [-0.05, 0) is 85.1 Å². The number of urea groups is 1. The minimum Gasteiger partial charge on any atom is -0.354 e. The highest BCUT2D eigenvalue weighted by Gasteiger charge is 2.20. The number of primary sulfonamides is 2. The number of anilines is 2. The lowest BCUT2D eigenvalue weighted by molar-refractivity contribution is 0.180. The minimum absolute atomic E-state index is 0.0570. The molecule has 1 aliphatic heterocycles. The van der Waals surface area contributed by atoms with Crippen LogP contribution < -0.4 is 20.9 Å². The number of amidine groups is 1. The number of amides is 2. The molecule has 3 aromatic rings. The van der Waals surface area contributed by atoms with E-state index in [0.717, 1.165) is 38.3 Å². The van der Waals surface area contributed by atoms with E-state index in [4.69, 9.17) is 15.7 Å². The zero-order valence-corrected chi connectivity index (χ0v) is 25.5. The second-order valence-electron chi connectivity index (χ2n) is 10.4. The van der Waals surface area contributed by atoms with Crippen LogP contribution in [0.2, 0.25) is 0 Å². The van der Waals surface area contributed by atoms with Gasteiger partial charge in [0.15, 0.2) is 0 Å². The third-order valence-corrected chi connectivity index (χ3v) is 9.07. The number of nitrogens with two attached hydrogens (primary N) is 2. The second-order valence-corrected chi connectivity index (χ2v) is 13.5. The van der Waals surface area contributed by atoms with Crippen molar-refractivity contribution in [2.24, 2.45) is 10.3 Å². The van der Waals surface area contributed by atoms with Crippen molar-refractivity contribution in [2.45, 2.75) is 36.0 Å². The highest BCUT2D eigenvalue weighted by molar-refractivity contribution is 7.89. The highest BCUT2D eigenvalue weighted by atomic mass is 32.2. The van der Waals surface area contributed by atoms with Crippen LogP contribution in [-0.2, 0) is 26.5 Å². The van der Waals surface area contributed by atoms with Crippen molar-refractivity contribution in [1.82, 2.24) is 9.80 Å². The van der Waals surface area contributed by atoms with Gasteiger partial charge in [0.1, 0.15) is 5.84 Å². The molecule has 14 heteroatoms. The van der Waals surface area contributed by atoms with Crippen molar-refractivity contribution in [3.63, 3.8) is 0 Å². The quantitative estimate of drug-likeness (QED) is 0.168. The molecule has 0 bridgehead atoms. The van der Waals surface area contributed by atoms with E-state index in [1.54, 1.807) is 36.4 Å². The molecule has 0 spiro atoms. The molecule has 0 unspecified atom stereocenters. The van der Waals surface area contributed by atoms with E-state index in [2.05, 4.69) is 27.4 Å². The van der Waals surface area contributed by atoms with Gasteiger partial charge in [-0.1, -0.05) is 25.5 Å². The van der Waals surface area contributed by atoms with E-state index in [9.17, 15) is 21.6 Å². The standard InChI is InChI=1S/C29H37N7O5S2/c1-2-3-14-35-15-17-36(18-16-35)28(30)22-6-8-24(9-7-22)33-29(37)34-27-13-12-26(43(32,40)41)20-23(27)19-21-4-10-25(11-5-21)42(31,38)39/h4-13,20,30H,2-3,14-19H2,1H3,(H2,31,38,39)(H2,32,40,41)(H2,33,34,37). The molecular formula is C29H37N7O5S2. The zero-order valence-electron chi connectivity index (χ0n) is 23.9. The molecule has 43 heavy (non-hydrogen) atoms. The van der Waals surface area contributed by atoms with Crippen molar-refractivity contribution in [1.29, 1.82) is 5.41 Å². The van der Waals surface area contributed by atoms with Gasteiger partial charge in [-0.2, -0.15) is 0 Å². The number of rotatable bonds is 10. The fraction of sp³-hybridized carbons (Fsp3) is 0.310. The number of carbonyl (C=O) groups is 1. The fourth-order valence-electron chi connectivity index (χ4n) is 4.79. The van der Waals surface area contributed by atoms with Gasteiger partial charge in [0.05, 0.1) is 9.79 Å². The van der Waals surface area contributed by atoms with Crippen LogP contribution in [0.1, 0.15) is 36.5 Å². The molecule has 0 atom stereocenters.